The van der Waals surface area contributed by atoms with Crippen LogP contribution in [0.4, 0.5) is 10.1 Å². The molecule has 0 bridgehead atoms. The lowest BCUT2D eigenvalue weighted by molar-refractivity contribution is -0.116. The highest BCUT2D eigenvalue weighted by Gasteiger charge is 2.15. The third-order valence-corrected chi connectivity index (χ3v) is 5.16. The van der Waals surface area contributed by atoms with Crippen LogP contribution in [0.15, 0.2) is 59.5 Å². The van der Waals surface area contributed by atoms with E-state index in [1.807, 2.05) is 24.3 Å². The third kappa shape index (κ3) is 4.23. The molecular weight excluding hydrogens is 397 g/mol. The summed E-state index contributed by atoms with van der Waals surface area (Å²) < 4.78 is 16.2. The predicted molar refractivity (Wildman–Crippen MR) is 117 cm³/mol. The summed E-state index contributed by atoms with van der Waals surface area (Å²) in [6.45, 7) is 3.99. The number of rotatable bonds is 6. The largest absolute Gasteiger partial charge is 0.326 e. The van der Waals surface area contributed by atoms with Crippen molar-refractivity contribution in [1.82, 2.24) is 19.3 Å². The first-order chi connectivity index (χ1) is 15.0. The van der Waals surface area contributed by atoms with Crippen LogP contribution in [0.1, 0.15) is 24.7 Å². The molecule has 0 aliphatic carbocycles. The molecule has 1 amide bonds. The zero-order chi connectivity index (χ0) is 22.0. The molecule has 0 saturated heterocycles. The highest BCUT2D eigenvalue weighted by molar-refractivity contribution is 5.90. The van der Waals surface area contributed by atoms with Crippen LogP contribution in [0.2, 0.25) is 0 Å². The molecule has 0 spiro atoms. The van der Waals surface area contributed by atoms with Gasteiger partial charge in [0, 0.05) is 18.7 Å². The number of amides is 1. The lowest BCUT2D eigenvalue weighted by Gasteiger charge is -2.11. The maximum atomic E-state index is 13.2. The quantitative estimate of drug-likeness (QED) is 0.518. The van der Waals surface area contributed by atoms with E-state index in [0.29, 0.717) is 22.5 Å². The van der Waals surface area contributed by atoms with Gasteiger partial charge in [0.2, 0.25) is 5.91 Å². The van der Waals surface area contributed by atoms with Crippen LogP contribution in [0.3, 0.4) is 0 Å². The summed E-state index contributed by atoms with van der Waals surface area (Å²) in [7, 11) is 0. The second kappa shape index (κ2) is 8.51. The number of aryl methyl sites for hydroxylation is 2. The molecule has 2 heterocycles. The fraction of sp³-hybridized carbons (Fsp3) is 0.217. The Labute approximate surface area is 178 Å². The van der Waals surface area contributed by atoms with E-state index in [0.717, 1.165) is 12.1 Å². The van der Waals surface area contributed by atoms with Gasteiger partial charge in [0.05, 0.1) is 11.9 Å². The number of hydrogen-bond acceptors (Lipinski definition) is 4. The number of aromatic nitrogens is 4. The number of halogens is 1. The first-order valence-corrected chi connectivity index (χ1v) is 10.1. The van der Waals surface area contributed by atoms with Crippen LogP contribution in [-0.2, 0) is 17.8 Å². The van der Waals surface area contributed by atoms with Crippen molar-refractivity contribution in [2.75, 3.05) is 5.32 Å². The van der Waals surface area contributed by atoms with E-state index in [1.54, 1.807) is 19.1 Å². The SMILES string of the molecule is CCc1ccc(NC(=O)CCn2c(C)nc3c(cnn3-c3ccc(F)cc3)c2=O)cc1. The topological polar surface area (TPSA) is 81.8 Å². The number of anilines is 1. The molecule has 1 N–H and O–H groups in total. The van der Waals surface area contributed by atoms with Crippen LogP contribution in [0, 0.1) is 12.7 Å². The van der Waals surface area contributed by atoms with Crippen molar-refractivity contribution in [2.24, 2.45) is 0 Å². The standard InChI is InChI=1S/C23H22FN5O2/c1-3-16-4-8-18(9-5-16)27-21(30)12-13-28-15(2)26-22-20(23(28)31)14-25-29(22)19-10-6-17(24)7-11-19/h4-11,14H,3,12-13H2,1-2H3,(H,27,30). The second-order valence-corrected chi connectivity index (χ2v) is 7.23. The van der Waals surface area contributed by atoms with E-state index in [4.69, 9.17) is 0 Å². The van der Waals surface area contributed by atoms with Crippen LogP contribution in [0.5, 0.6) is 0 Å². The minimum Gasteiger partial charge on any atom is -0.326 e. The van der Waals surface area contributed by atoms with Gasteiger partial charge in [-0.15, -0.1) is 0 Å². The molecule has 158 valence electrons. The molecule has 31 heavy (non-hydrogen) atoms. The molecule has 0 atom stereocenters. The maximum Gasteiger partial charge on any atom is 0.264 e. The first-order valence-electron chi connectivity index (χ1n) is 10.1. The van der Waals surface area contributed by atoms with Crippen molar-refractivity contribution in [2.45, 2.75) is 33.2 Å². The van der Waals surface area contributed by atoms with Gasteiger partial charge in [-0.1, -0.05) is 19.1 Å². The van der Waals surface area contributed by atoms with E-state index in [-0.39, 0.29) is 30.2 Å². The van der Waals surface area contributed by atoms with Crippen molar-refractivity contribution in [3.8, 4) is 5.69 Å². The molecule has 2 aromatic heterocycles. The Morgan fingerprint density at radius 2 is 1.81 bits per heavy atom. The molecule has 2 aromatic carbocycles. The van der Waals surface area contributed by atoms with Crippen molar-refractivity contribution >= 4 is 22.6 Å². The number of benzene rings is 2. The van der Waals surface area contributed by atoms with Gasteiger partial charge in [-0.2, -0.15) is 5.10 Å². The molecule has 7 nitrogen and oxygen atoms in total. The first kappa shape index (κ1) is 20.5. The average Bonchev–Trinajstić information content (AvgIpc) is 3.18. The smallest absolute Gasteiger partial charge is 0.264 e. The van der Waals surface area contributed by atoms with Gasteiger partial charge in [0.1, 0.15) is 17.0 Å². The van der Waals surface area contributed by atoms with Gasteiger partial charge in [0.15, 0.2) is 5.65 Å². The molecule has 0 radical (unpaired) electrons. The van der Waals surface area contributed by atoms with Crippen LogP contribution in [-0.4, -0.2) is 25.2 Å². The van der Waals surface area contributed by atoms with Crippen molar-refractivity contribution < 1.29 is 9.18 Å². The van der Waals surface area contributed by atoms with E-state index < -0.39 is 0 Å². The highest BCUT2D eigenvalue weighted by atomic mass is 19.1. The Morgan fingerprint density at radius 3 is 2.48 bits per heavy atom. The minimum absolute atomic E-state index is 0.134. The zero-order valence-corrected chi connectivity index (χ0v) is 17.3. The van der Waals surface area contributed by atoms with Gasteiger partial charge in [-0.05, 0) is 55.3 Å². The Hall–Kier alpha value is -3.81. The fourth-order valence-corrected chi connectivity index (χ4v) is 3.40. The van der Waals surface area contributed by atoms with Gasteiger partial charge in [-0.3, -0.25) is 14.2 Å². The Morgan fingerprint density at radius 1 is 1.10 bits per heavy atom. The Kier molecular flexibility index (Phi) is 5.62. The number of hydrogen-bond donors (Lipinski definition) is 1. The van der Waals surface area contributed by atoms with Crippen LogP contribution in [0.25, 0.3) is 16.7 Å². The number of carbonyl (C=O) groups excluding carboxylic acids is 1. The van der Waals surface area contributed by atoms with Crippen molar-refractivity contribution in [3.05, 3.63) is 82.3 Å². The number of carbonyl (C=O) groups is 1. The summed E-state index contributed by atoms with van der Waals surface area (Å²) in [5.41, 5.74) is 2.65. The fourth-order valence-electron chi connectivity index (χ4n) is 3.40. The monoisotopic (exact) mass is 419 g/mol. The van der Waals surface area contributed by atoms with E-state index in [1.165, 1.54) is 33.1 Å². The highest BCUT2D eigenvalue weighted by Crippen LogP contribution is 2.15. The average molecular weight is 419 g/mol. The summed E-state index contributed by atoms with van der Waals surface area (Å²) in [6.07, 6.45) is 2.51. The van der Waals surface area contributed by atoms with Gasteiger partial charge < -0.3 is 5.32 Å². The van der Waals surface area contributed by atoms with Gasteiger partial charge >= 0.3 is 0 Å². The number of nitrogens with zero attached hydrogens (tertiary/aromatic N) is 4. The molecule has 4 aromatic rings. The summed E-state index contributed by atoms with van der Waals surface area (Å²) >= 11 is 0. The molecule has 0 fully saturated rings. The molecule has 0 saturated carbocycles. The summed E-state index contributed by atoms with van der Waals surface area (Å²) in [5.74, 6) is -0.0644. The van der Waals surface area contributed by atoms with Crippen molar-refractivity contribution in [1.29, 1.82) is 0 Å². The van der Waals surface area contributed by atoms with Crippen LogP contribution >= 0.6 is 0 Å². The molecule has 4 rings (SSSR count). The lowest BCUT2D eigenvalue weighted by Crippen LogP contribution is -2.26. The van der Waals surface area contributed by atoms with Crippen molar-refractivity contribution in [3.63, 3.8) is 0 Å². The molecule has 0 aliphatic rings. The molecule has 0 unspecified atom stereocenters. The molecule has 8 heteroatoms. The third-order valence-electron chi connectivity index (χ3n) is 5.16. The normalized spacial score (nSPS) is 11.1. The second-order valence-electron chi connectivity index (χ2n) is 7.23. The Bertz CT molecular complexity index is 1290. The Balaban J connectivity index is 1.53. The molecule has 0 aliphatic heterocycles. The number of fused-ring (bicyclic) bond motifs is 1. The van der Waals surface area contributed by atoms with Gasteiger partial charge in [-0.25, -0.2) is 14.1 Å². The summed E-state index contributed by atoms with van der Waals surface area (Å²) in [6, 6.07) is 13.5. The predicted octanol–water partition coefficient (Wildman–Crippen LogP) is 3.62. The van der Waals surface area contributed by atoms with E-state index in [9.17, 15) is 14.0 Å². The zero-order valence-electron chi connectivity index (χ0n) is 17.3. The maximum absolute atomic E-state index is 13.2. The van der Waals surface area contributed by atoms with E-state index in [2.05, 4.69) is 22.3 Å². The summed E-state index contributed by atoms with van der Waals surface area (Å²) in [4.78, 5) is 29.8. The van der Waals surface area contributed by atoms with E-state index >= 15 is 0 Å². The summed E-state index contributed by atoms with van der Waals surface area (Å²) in [5, 5.41) is 7.43. The minimum atomic E-state index is -0.355. The number of nitrogens with one attached hydrogen (secondary N) is 1. The van der Waals surface area contributed by atoms with Gasteiger partial charge in [0.25, 0.3) is 5.56 Å². The lowest BCUT2D eigenvalue weighted by atomic mass is 10.1. The molecular formula is C23H22FN5O2. The van der Waals surface area contributed by atoms with Crippen LogP contribution < -0.4 is 10.9 Å².